The van der Waals surface area contributed by atoms with E-state index in [-0.39, 0.29) is 12.1 Å². The molecule has 100 valence electrons. The fourth-order valence-corrected chi connectivity index (χ4v) is 3.28. The van der Waals surface area contributed by atoms with Crippen molar-refractivity contribution in [1.82, 2.24) is 0 Å². The molecule has 2 unspecified atom stereocenters. The van der Waals surface area contributed by atoms with Crippen LogP contribution in [0.1, 0.15) is 43.7 Å². The normalized spacial score (nSPS) is 20.6. The topological polar surface area (TPSA) is 35.2 Å². The predicted octanol–water partition coefficient (Wildman–Crippen LogP) is 3.94. The molecule has 0 heterocycles. The third kappa shape index (κ3) is 3.05. The lowest BCUT2D eigenvalue weighted by Gasteiger charge is -2.33. The highest BCUT2D eigenvalue weighted by atomic mass is 35.5. The first-order chi connectivity index (χ1) is 8.74. The maximum atomic E-state index is 6.37. The van der Waals surface area contributed by atoms with Crippen LogP contribution in [0.4, 0.5) is 0 Å². The fraction of sp³-hybridized carbons (Fsp3) is 0.600. The maximum Gasteiger partial charge on any atom is 0.0792 e. The fourth-order valence-electron chi connectivity index (χ4n) is 3.02. The van der Waals surface area contributed by atoms with Crippen molar-refractivity contribution in [1.29, 1.82) is 0 Å². The Morgan fingerprint density at radius 3 is 2.50 bits per heavy atom. The number of methoxy groups -OCH3 is 1. The average molecular weight is 268 g/mol. The van der Waals surface area contributed by atoms with Gasteiger partial charge in [0.05, 0.1) is 12.1 Å². The number of hydrogen-bond acceptors (Lipinski definition) is 2. The molecule has 1 saturated carbocycles. The van der Waals surface area contributed by atoms with Gasteiger partial charge >= 0.3 is 0 Å². The summed E-state index contributed by atoms with van der Waals surface area (Å²) in [6.07, 6.45) is 6.44. The smallest absolute Gasteiger partial charge is 0.0792 e. The zero-order chi connectivity index (χ0) is 13.0. The molecule has 1 aromatic carbocycles. The lowest BCUT2D eigenvalue weighted by atomic mass is 9.81. The summed E-state index contributed by atoms with van der Waals surface area (Å²) in [5, 5.41) is 0.739. The number of rotatable bonds is 4. The van der Waals surface area contributed by atoms with Crippen molar-refractivity contribution in [3.63, 3.8) is 0 Å². The van der Waals surface area contributed by atoms with Crippen molar-refractivity contribution in [2.24, 2.45) is 11.7 Å². The van der Waals surface area contributed by atoms with E-state index in [2.05, 4.69) is 0 Å². The quantitative estimate of drug-likeness (QED) is 0.897. The first-order valence-corrected chi connectivity index (χ1v) is 7.14. The summed E-state index contributed by atoms with van der Waals surface area (Å²) < 4.78 is 5.68. The maximum absolute atomic E-state index is 6.37. The second kappa shape index (κ2) is 6.55. The van der Waals surface area contributed by atoms with Gasteiger partial charge in [-0.15, -0.1) is 0 Å². The number of benzene rings is 1. The van der Waals surface area contributed by atoms with E-state index in [9.17, 15) is 0 Å². The highest BCUT2D eigenvalue weighted by molar-refractivity contribution is 6.31. The Bertz CT molecular complexity index is 377. The average Bonchev–Trinajstić information content (AvgIpc) is 2.41. The van der Waals surface area contributed by atoms with Gasteiger partial charge in [0, 0.05) is 12.1 Å². The first kappa shape index (κ1) is 13.9. The Morgan fingerprint density at radius 2 is 1.89 bits per heavy atom. The molecule has 1 aliphatic rings. The standard InChI is InChI=1S/C15H22ClNO/c1-18-15(11-7-3-2-4-8-11)14(17)12-9-5-6-10-13(12)16/h5-6,9-11,14-15H,2-4,7-8,17H2,1H3. The molecule has 18 heavy (non-hydrogen) atoms. The molecule has 0 aliphatic heterocycles. The molecule has 0 radical (unpaired) electrons. The summed E-state index contributed by atoms with van der Waals surface area (Å²) in [7, 11) is 1.76. The summed E-state index contributed by atoms with van der Waals surface area (Å²) in [4.78, 5) is 0. The van der Waals surface area contributed by atoms with Gasteiger partial charge in [0.25, 0.3) is 0 Å². The van der Waals surface area contributed by atoms with Crippen LogP contribution in [0.3, 0.4) is 0 Å². The number of halogens is 1. The van der Waals surface area contributed by atoms with Crippen LogP contribution in [0, 0.1) is 5.92 Å². The molecule has 0 aromatic heterocycles. The van der Waals surface area contributed by atoms with E-state index >= 15 is 0 Å². The van der Waals surface area contributed by atoms with E-state index in [1.165, 1.54) is 32.1 Å². The SMILES string of the molecule is COC(C1CCCCC1)C(N)c1ccccc1Cl. The largest absolute Gasteiger partial charge is 0.379 e. The van der Waals surface area contributed by atoms with Gasteiger partial charge in [-0.2, -0.15) is 0 Å². The van der Waals surface area contributed by atoms with Crippen LogP contribution >= 0.6 is 11.6 Å². The molecule has 2 atom stereocenters. The molecule has 0 bridgehead atoms. The third-order valence-electron chi connectivity index (χ3n) is 4.00. The van der Waals surface area contributed by atoms with Crippen LogP contribution in [0.5, 0.6) is 0 Å². The van der Waals surface area contributed by atoms with Gasteiger partial charge in [-0.05, 0) is 30.4 Å². The van der Waals surface area contributed by atoms with E-state index in [1.807, 2.05) is 24.3 Å². The van der Waals surface area contributed by atoms with Gasteiger partial charge in [-0.3, -0.25) is 0 Å². The third-order valence-corrected chi connectivity index (χ3v) is 4.35. The molecule has 3 heteroatoms. The molecular weight excluding hydrogens is 246 g/mol. The Hall–Kier alpha value is -0.570. The van der Waals surface area contributed by atoms with Crippen LogP contribution in [0.2, 0.25) is 5.02 Å². The van der Waals surface area contributed by atoms with E-state index in [0.29, 0.717) is 5.92 Å². The van der Waals surface area contributed by atoms with E-state index in [4.69, 9.17) is 22.1 Å². The Balaban J connectivity index is 2.14. The summed E-state index contributed by atoms with van der Waals surface area (Å²) >= 11 is 6.22. The molecule has 2 nitrogen and oxygen atoms in total. The van der Waals surface area contributed by atoms with Crippen LogP contribution in [0.15, 0.2) is 24.3 Å². The number of hydrogen-bond donors (Lipinski definition) is 1. The van der Waals surface area contributed by atoms with Crippen LogP contribution in [-0.4, -0.2) is 13.2 Å². The number of ether oxygens (including phenoxy) is 1. The minimum atomic E-state index is -0.133. The molecule has 0 spiro atoms. The van der Waals surface area contributed by atoms with Gasteiger partial charge in [-0.25, -0.2) is 0 Å². The monoisotopic (exact) mass is 267 g/mol. The van der Waals surface area contributed by atoms with Crippen molar-refractivity contribution < 1.29 is 4.74 Å². The van der Waals surface area contributed by atoms with Crippen molar-refractivity contribution in [3.8, 4) is 0 Å². The van der Waals surface area contributed by atoms with Crippen LogP contribution < -0.4 is 5.73 Å². The lowest BCUT2D eigenvalue weighted by Crippen LogP contribution is -2.36. The molecule has 1 aromatic rings. The summed E-state index contributed by atoms with van der Waals surface area (Å²) in [5.74, 6) is 0.565. The molecule has 0 saturated heterocycles. The zero-order valence-corrected chi connectivity index (χ0v) is 11.7. The van der Waals surface area contributed by atoms with Crippen molar-refractivity contribution in [3.05, 3.63) is 34.9 Å². The van der Waals surface area contributed by atoms with Gasteiger partial charge in [0.1, 0.15) is 0 Å². The highest BCUT2D eigenvalue weighted by Crippen LogP contribution is 2.34. The van der Waals surface area contributed by atoms with Crippen molar-refractivity contribution in [2.75, 3.05) is 7.11 Å². The van der Waals surface area contributed by atoms with E-state index in [0.717, 1.165) is 10.6 Å². The zero-order valence-electron chi connectivity index (χ0n) is 10.9. The molecule has 0 amide bonds. The molecule has 1 fully saturated rings. The van der Waals surface area contributed by atoms with Gasteiger partial charge in [0.2, 0.25) is 0 Å². The van der Waals surface area contributed by atoms with E-state index < -0.39 is 0 Å². The molecule has 2 N–H and O–H groups in total. The summed E-state index contributed by atoms with van der Waals surface area (Å²) in [5.41, 5.74) is 7.37. The van der Waals surface area contributed by atoms with Crippen molar-refractivity contribution >= 4 is 11.6 Å². The minimum absolute atomic E-state index is 0.0743. The van der Waals surface area contributed by atoms with Crippen molar-refractivity contribution in [2.45, 2.75) is 44.2 Å². The predicted molar refractivity (Wildman–Crippen MR) is 75.8 cm³/mol. The second-order valence-corrected chi connectivity index (χ2v) is 5.55. The Kier molecular flexibility index (Phi) is 5.04. The Morgan fingerprint density at radius 1 is 1.22 bits per heavy atom. The van der Waals surface area contributed by atoms with Gasteiger partial charge < -0.3 is 10.5 Å². The van der Waals surface area contributed by atoms with Crippen LogP contribution in [0.25, 0.3) is 0 Å². The molecule has 1 aliphatic carbocycles. The van der Waals surface area contributed by atoms with Gasteiger partial charge in [-0.1, -0.05) is 49.1 Å². The summed E-state index contributed by atoms with van der Waals surface area (Å²) in [6.45, 7) is 0. The number of nitrogens with two attached hydrogens (primary N) is 1. The minimum Gasteiger partial charge on any atom is -0.379 e. The molecular formula is C15H22ClNO. The lowest BCUT2D eigenvalue weighted by molar-refractivity contribution is 0.0173. The highest BCUT2D eigenvalue weighted by Gasteiger charge is 2.30. The second-order valence-electron chi connectivity index (χ2n) is 5.15. The Labute approximate surface area is 114 Å². The summed E-state index contributed by atoms with van der Waals surface area (Å²) in [6, 6.07) is 7.67. The van der Waals surface area contributed by atoms with E-state index in [1.54, 1.807) is 7.11 Å². The van der Waals surface area contributed by atoms with Crippen LogP contribution in [-0.2, 0) is 4.74 Å². The first-order valence-electron chi connectivity index (χ1n) is 6.77. The van der Waals surface area contributed by atoms with Gasteiger partial charge in [0.15, 0.2) is 0 Å². The molecule has 2 rings (SSSR count).